The van der Waals surface area contributed by atoms with Crippen LogP contribution in [0.25, 0.3) is 0 Å². The van der Waals surface area contributed by atoms with Crippen molar-refractivity contribution in [1.29, 1.82) is 0 Å². The van der Waals surface area contributed by atoms with Crippen molar-refractivity contribution in [3.63, 3.8) is 0 Å². The lowest BCUT2D eigenvalue weighted by atomic mass is 9.84. The summed E-state index contributed by atoms with van der Waals surface area (Å²) in [6.07, 6.45) is 3.58. The van der Waals surface area contributed by atoms with E-state index in [-0.39, 0.29) is 67.8 Å². The number of amides is 4. The number of ether oxygens (including phenoxy) is 2. The van der Waals surface area contributed by atoms with Crippen molar-refractivity contribution < 1.29 is 38.2 Å². The number of nitrogens with zero attached hydrogens (tertiary/aromatic N) is 4. The fourth-order valence-electron chi connectivity index (χ4n) is 10.0. The van der Waals surface area contributed by atoms with E-state index < -0.39 is 46.9 Å². The standard InChI is InChI=1S/2C30H47N3O4S/c2*1-12-37-28(36)20(4)18-22(19(2)3)32(10)26(35)23(29(5,6)7)31-25(34)24-30(8,9)38-27(33(24)11)21-16-14-13-15-17-21/h2*13-19,22-24,27H,12H2,1-11H3,(H,31,34)/b2*20-18+/t22-,23-,24-,27+;22-,23-,24-,27-/m11/s1. The number of hydrogen-bond acceptors (Lipinski definition) is 12. The van der Waals surface area contributed by atoms with Gasteiger partial charge in [-0.1, -0.05) is 142 Å². The maximum absolute atomic E-state index is 13.9. The van der Waals surface area contributed by atoms with Gasteiger partial charge in [0.1, 0.15) is 24.2 Å². The number of thioether (sulfide) groups is 2. The molecular formula is C60H94N6O8S2. The fraction of sp³-hybridized carbons (Fsp3) is 0.633. The third-order valence-corrected chi connectivity index (χ3v) is 17.5. The zero-order chi connectivity index (χ0) is 58.0. The molecule has 2 aromatic carbocycles. The van der Waals surface area contributed by atoms with Gasteiger partial charge in [0.05, 0.1) is 36.0 Å². The second kappa shape index (κ2) is 27.3. The molecule has 16 heteroatoms. The van der Waals surface area contributed by atoms with Gasteiger partial charge < -0.3 is 29.9 Å². The third kappa shape index (κ3) is 16.7. The van der Waals surface area contributed by atoms with Crippen LogP contribution in [0, 0.1) is 22.7 Å². The Morgan fingerprint density at radius 1 is 0.592 bits per heavy atom. The highest BCUT2D eigenvalue weighted by Gasteiger charge is 2.53. The van der Waals surface area contributed by atoms with Gasteiger partial charge in [-0.25, -0.2) is 9.59 Å². The molecule has 0 radical (unpaired) electrons. The van der Waals surface area contributed by atoms with E-state index in [1.807, 2.05) is 120 Å². The second-order valence-corrected chi connectivity index (χ2v) is 27.7. The Labute approximate surface area is 465 Å². The van der Waals surface area contributed by atoms with E-state index >= 15 is 0 Å². The molecule has 4 amide bonds. The molecule has 76 heavy (non-hydrogen) atoms. The minimum absolute atomic E-state index is 0.0368. The van der Waals surface area contributed by atoms with E-state index in [0.717, 1.165) is 11.1 Å². The van der Waals surface area contributed by atoms with Gasteiger partial charge >= 0.3 is 11.9 Å². The topological polar surface area (TPSA) is 158 Å². The Kier molecular flexibility index (Phi) is 23.6. The highest BCUT2D eigenvalue weighted by Crippen LogP contribution is 2.52. The molecule has 0 saturated carbocycles. The Morgan fingerprint density at radius 3 is 1.13 bits per heavy atom. The molecule has 2 aromatic rings. The molecule has 4 rings (SSSR count). The molecule has 8 atom stereocenters. The number of hydrogen-bond donors (Lipinski definition) is 2. The molecule has 2 fully saturated rings. The molecular weight excluding hydrogens is 997 g/mol. The molecule has 424 valence electrons. The van der Waals surface area contributed by atoms with Crippen LogP contribution in [0.2, 0.25) is 0 Å². The van der Waals surface area contributed by atoms with Gasteiger partial charge in [-0.05, 0) is 103 Å². The summed E-state index contributed by atoms with van der Waals surface area (Å²) in [5, 5.41) is 6.33. The number of carbonyl (C=O) groups excluding carboxylic acids is 6. The van der Waals surface area contributed by atoms with Crippen molar-refractivity contribution in [3.8, 4) is 0 Å². The summed E-state index contributed by atoms with van der Waals surface area (Å²) in [5.41, 5.74) is 2.15. The third-order valence-electron chi connectivity index (χ3n) is 14.2. The SMILES string of the molecule is CCOC(=O)/C(C)=C/[C@H](C(C)C)N(C)C(=O)[C@@H](NC(=O)[C@H]1N(C)[C@@H](c2ccccc2)SC1(C)C)C(C)(C)C.CCOC(=O)/C(C)=C/[C@H](C(C)C)N(C)C(=O)[C@@H](NC(=O)[C@H]1N(C)[C@H](c2ccccc2)SC1(C)C)C(C)(C)C. The van der Waals surface area contributed by atoms with Gasteiger partial charge in [0.15, 0.2) is 0 Å². The monoisotopic (exact) mass is 1090 g/mol. The molecule has 2 N–H and O–H groups in total. The molecule has 0 aromatic heterocycles. The van der Waals surface area contributed by atoms with Crippen molar-refractivity contribution in [2.24, 2.45) is 22.7 Å². The smallest absolute Gasteiger partial charge is 0.333 e. The zero-order valence-corrected chi connectivity index (χ0v) is 51.6. The maximum atomic E-state index is 13.9. The summed E-state index contributed by atoms with van der Waals surface area (Å²) >= 11 is 3.51. The quantitative estimate of drug-likeness (QED) is 0.108. The summed E-state index contributed by atoms with van der Waals surface area (Å²) in [6.45, 7) is 35.6. The Morgan fingerprint density at radius 2 is 0.882 bits per heavy atom. The van der Waals surface area contributed by atoms with Crippen molar-refractivity contribution in [2.45, 2.75) is 181 Å². The van der Waals surface area contributed by atoms with Gasteiger partial charge in [-0.15, -0.1) is 23.5 Å². The summed E-state index contributed by atoms with van der Waals surface area (Å²) in [7, 11) is 7.42. The lowest BCUT2D eigenvalue weighted by molar-refractivity contribution is -0.141. The van der Waals surface area contributed by atoms with Gasteiger partial charge in [0.2, 0.25) is 23.6 Å². The molecule has 14 nitrogen and oxygen atoms in total. The number of esters is 2. The first-order valence-corrected chi connectivity index (χ1v) is 28.6. The van der Waals surface area contributed by atoms with E-state index in [1.165, 1.54) is 0 Å². The maximum Gasteiger partial charge on any atom is 0.333 e. The van der Waals surface area contributed by atoms with Gasteiger partial charge in [-0.3, -0.25) is 29.0 Å². The lowest BCUT2D eigenvalue weighted by Gasteiger charge is -2.39. The summed E-state index contributed by atoms with van der Waals surface area (Å²) in [4.78, 5) is 87.6. The van der Waals surface area contributed by atoms with Crippen LogP contribution in [-0.4, -0.2) is 142 Å². The predicted octanol–water partition coefficient (Wildman–Crippen LogP) is 10.1. The van der Waals surface area contributed by atoms with E-state index in [1.54, 1.807) is 87.3 Å². The number of carbonyl (C=O) groups is 6. The van der Waals surface area contributed by atoms with Crippen molar-refractivity contribution in [3.05, 3.63) is 95.1 Å². The van der Waals surface area contributed by atoms with Crippen LogP contribution in [0.1, 0.15) is 147 Å². The zero-order valence-electron chi connectivity index (χ0n) is 50.0. The first kappa shape index (κ1) is 65.6. The Balaban J connectivity index is 0.000000400. The first-order valence-electron chi connectivity index (χ1n) is 26.8. The number of rotatable bonds is 18. The molecule has 0 aliphatic carbocycles. The van der Waals surface area contributed by atoms with Crippen LogP contribution in [0.4, 0.5) is 0 Å². The number of nitrogens with one attached hydrogen (secondary N) is 2. The molecule has 0 spiro atoms. The van der Waals surface area contributed by atoms with Crippen LogP contribution in [0.3, 0.4) is 0 Å². The highest BCUT2D eigenvalue weighted by molar-refractivity contribution is 8.01. The van der Waals surface area contributed by atoms with Crippen LogP contribution in [-0.2, 0) is 38.2 Å². The van der Waals surface area contributed by atoms with Crippen molar-refractivity contribution >= 4 is 59.1 Å². The van der Waals surface area contributed by atoms with E-state index in [9.17, 15) is 28.8 Å². The van der Waals surface area contributed by atoms with Gasteiger partial charge in [-0.2, -0.15) is 0 Å². The Bertz CT molecular complexity index is 2200. The minimum atomic E-state index is -0.748. The predicted molar refractivity (Wildman–Crippen MR) is 311 cm³/mol. The van der Waals surface area contributed by atoms with E-state index in [0.29, 0.717) is 24.4 Å². The van der Waals surface area contributed by atoms with E-state index in [2.05, 4.69) is 72.4 Å². The molecule has 0 unspecified atom stereocenters. The van der Waals surface area contributed by atoms with Gasteiger partial charge in [0, 0.05) is 34.7 Å². The second-order valence-electron chi connectivity index (χ2n) is 24.2. The normalized spacial score (nSPS) is 21.6. The van der Waals surface area contributed by atoms with Crippen LogP contribution in [0.5, 0.6) is 0 Å². The molecule has 2 aliphatic heterocycles. The molecule has 0 bridgehead atoms. The number of benzene rings is 2. The average Bonchev–Trinajstić information content (AvgIpc) is 3.73. The van der Waals surface area contributed by atoms with Crippen LogP contribution in [0.15, 0.2) is 84.0 Å². The van der Waals surface area contributed by atoms with E-state index in [4.69, 9.17) is 9.47 Å². The van der Waals surface area contributed by atoms with Crippen molar-refractivity contribution in [1.82, 2.24) is 30.2 Å². The fourth-order valence-corrected chi connectivity index (χ4v) is 13.2. The summed E-state index contributed by atoms with van der Waals surface area (Å²) in [5.74, 6) is -1.39. The van der Waals surface area contributed by atoms with Crippen LogP contribution >= 0.6 is 23.5 Å². The molecule has 2 saturated heterocycles. The highest BCUT2D eigenvalue weighted by atomic mass is 32.2. The lowest BCUT2D eigenvalue weighted by Crippen LogP contribution is -2.60. The molecule has 2 aliphatic rings. The Hall–Kier alpha value is -4.64. The van der Waals surface area contributed by atoms with Gasteiger partial charge in [0.25, 0.3) is 0 Å². The number of likely N-dealkylation sites (N-methyl/N-ethyl adjacent to an activating group) is 4. The average molecular weight is 1090 g/mol. The minimum Gasteiger partial charge on any atom is -0.463 e. The van der Waals surface area contributed by atoms with Crippen molar-refractivity contribution in [2.75, 3.05) is 41.4 Å². The summed E-state index contributed by atoms with van der Waals surface area (Å²) in [6, 6.07) is 17.3. The van der Waals surface area contributed by atoms with Crippen LogP contribution < -0.4 is 10.6 Å². The summed E-state index contributed by atoms with van der Waals surface area (Å²) < 4.78 is 9.53. The molecule has 2 heterocycles. The largest absolute Gasteiger partial charge is 0.463 e. The first-order chi connectivity index (χ1) is 35.0.